The Hall–Kier alpha value is -0.970. The number of hydrogen-bond donors (Lipinski definition) is 0. The Bertz CT molecular complexity index is 356. The fraction of sp³-hybridized carbons (Fsp3) is 0.500. The van der Waals surface area contributed by atoms with Crippen molar-refractivity contribution >= 4 is 21.8 Å². The minimum Gasteiger partial charge on any atom is -0.334 e. The molecule has 1 aromatic rings. The molecule has 1 heterocycles. The average molecular weight is 272 g/mol. The molecule has 0 aromatic carbocycles. The van der Waals surface area contributed by atoms with Gasteiger partial charge in [0.2, 0.25) is 5.82 Å². The van der Waals surface area contributed by atoms with Gasteiger partial charge in [0.05, 0.1) is 4.47 Å². The van der Waals surface area contributed by atoms with Crippen molar-refractivity contribution in [3.63, 3.8) is 0 Å². The second kappa shape index (κ2) is 4.26. The van der Waals surface area contributed by atoms with E-state index in [1.165, 1.54) is 0 Å². The van der Waals surface area contributed by atoms with E-state index in [-0.39, 0.29) is 17.3 Å². The first-order valence-corrected chi connectivity index (χ1v) is 5.37. The lowest BCUT2D eigenvalue weighted by Gasteiger charge is -2.31. The van der Waals surface area contributed by atoms with Gasteiger partial charge >= 0.3 is 0 Å². The van der Waals surface area contributed by atoms with Crippen molar-refractivity contribution < 1.29 is 4.79 Å². The topological polar surface area (TPSA) is 46.1 Å². The van der Waals surface area contributed by atoms with Crippen molar-refractivity contribution in [3.05, 3.63) is 22.7 Å². The second-order valence-electron chi connectivity index (χ2n) is 4.26. The van der Waals surface area contributed by atoms with Crippen LogP contribution in [0.25, 0.3) is 0 Å². The summed E-state index contributed by atoms with van der Waals surface area (Å²) in [6.07, 6.45) is 3.13. The second-order valence-corrected chi connectivity index (χ2v) is 5.18. The Morgan fingerprint density at radius 2 is 1.80 bits per heavy atom. The minimum absolute atomic E-state index is 0.171. The molecule has 1 rings (SSSR count). The molecule has 1 aromatic heterocycles. The van der Waals surface area contributed by atoms with Crippen LogP contribution in [0.1, 0.15) is 31.4 Å². The van der Waals surface area contributed by atoms with E-state index < -0.39 is 0 Å². The maximum atomic E-state index is 11.9. The number of amides is 1. The van der Waals surface area contributed by atoms with Crippen molar-refractivity contribution in [2.24, 2.45) is 0 Å². The first-order valence-electron chi connectivity index (χ1n) is 4.58. The molecule has 0 aliphatic rings. The predicted octanol–water partition coefficient (Wildman–Crippen LogP) is 2.11. The van der Waals surface area contributed by atoms with Gasteiger partial charge in [-0.15, -0.1) is 0 Å². The van der Waals surface area contributed by atoms with Crippen molar-refractivity contribution in [1.82, 2.24) is 14.9 Å². The molecule has 0 N–H and O–H groups in total. The van der Waals surface area contributed by atoms with Crippen molar-refractivity contribution in [1.29, 1.82) is 0 Å². The standard InChI is InChI=1S/C10H14BrN3O/c1-10(2,3)14(4)9(15)8-12-5-7(11)6-13-8/h5-6H,1-4H3. The summed E-state index contributed by atoms with van der Waals surface area (Å²) < 4.78 is 0.762. The zero-order valence-electron chi connectivity index (χ0n) is 9.28. The first-order chi connectivity index (χ1) is 6.82. The van der Waals surface area contributed by atoms with Crippen LogP contribution >= 0.6 is 15.9 Å². The lowest BCUT2D eigenvalue weighted by atomic mass is 10.1. The van der Waals surface area contributed by atoms with Crippen LogP contribution in [0.15, 0.2) is 16.9 Å². The highest BCUT2D eigenvalue weighted by Crippen LogP contribution is 2.13. The maximum Gasteiger partial charge on any atom is 0.291 e. The van der Waals surface area contributed by atoms with Crippen molar-refractivity contribution in [2.75, 3.05) is 7.05 Å². The zero-order chi connectivity index (χ0) is 11.6. The monoisotopic (exact) mass is 271 g/mol. The molecule has 0 atom stereocenters. The maximum absolute atomic E-state index is 11.9. The Balaban J connectivity index is 2.90. The quantitative estimate of drug-likeness (QED) is 0.786. The number of nitrogens with zero attached hydrogens (tertiary/aromatic N) is 3. The van der Waals surface area contributed by atoms with E-state index in [4.69, 9.17) is 0 Å². The summed E-state index contributed by atoms with van der Waals surface area (Å²) in [4.78, 5) is 21.4. The lowest BCUT2D eigenvalue weighted by molar-refractivity contribution is 0.0643. The van der Waals surface area contributed by atoms with E-state index in [1.54, 1.807) is 24.3 Å². The van der Waals surface area contributed by atoms with Gasteiger partial charge in [-0.1, -0.05) is 0 Å². The van der Waals surface area contributed by atoms with Crippen LogP contribution in [0.4, 0.5) is 0 Å². The van der Waals surface area contributed by atoms with Gasteiger partial charge in [0.15, 0.2) is 0 Å². The summed E-state index contributed by atoms with van der Waals surface area (Å²) in [5, 5.41) is 0. The molecule has 82 valence electrons. The number of carbonyl (C=O) groups excluding carboxylic acids is 1. The molecule has 0 spiro atoms. The summed E-state index contributed by atoms with van der Waals surface area (Å²) in [6.45, 7) is 5.89. The Labute approximate surface area is 97.8 Å². The van der Waals surface area contributed by atoms with Gasteiger partial charge in [-0.3, -0.25) is 4.79 Å². The number of hydrogen-bond acceptors (Lipinski definition) is 3. The van der Waals surface area contributed by atoms with Gasteiger partial charge in [-0.25, -0.2) is 9.97 Å². The molecular weight excluding hydrogens is 258 g/mol. The van der Waals surface area contributed by atoms with E-state index in [1.807, 2.05) is 20.8 Å². The first kappa shape index (κ1) is 12.1. The van der Waals surface area contributed by atoms with E-state index >= 15 is 0 Å². The fourth-order valence-corrected chi connectivity index (χ4v) is 1.08. The molecule has 0 radical (unpaired) electrons. The van der Waals surface area contributed by atoms with E-state index in [2.05, 4.69) is 25.9 Å². The normalized spacial score (nSPS) is 11.3. The van der Waals surface area contributed by atoms with E-state index in [0.29, 0.717) is 0 Å². The molecule has 0 aliphatic carbocycles. The molecule has 0 unspecified atom stereocenters. The highest BCUT2D eigenvalue weighted by molar-refractivity contribution is 9.10. The zero-order valence-corrected chi connectivity index (χ0v) is 10.9. The smallest absolute Gasteiger partial charge is 0.291 e. The van der Waals surface area contributed by atoms with Crippen LogP contribution < -0.4 is 0 Å². The van der Waals surface area contributed by atoms with Crippen LogP contribution in [0.3, 0.4) is 0 Å². The molecule has 0 aliphatic heterocycles. The van der Waals surface area contributed by atoms with Gasteiger partial charge in [0.25, 0.3) is 5.91 Å². The summed E-state index contributed by atoms with van der Waals surface area (Å²) >= 11 is 3.22. The molecule has 0 saturated carbocycles. The highest BCUT2D eigenvalue weighted by Gasteiger charge is 2.24. The minimum atomic E-state index is -0.229. The Morgan fingerprint density at radius 3 is 2.20 bits per heavy atom. The third kappa shape index (κ3) is 2.99. The van der Waals surface area contributed by atoms with E-state index in [0.717, 1.165) is 4.47 Å². The van der Waals surface area contributed by atoms with Gasteiger partial charge in [0.1, 0.15) is 0 Å². The molecule has 1 amide bonds. The number of aromatic nitrogens is 2. The van der Waals surface area contributed by atoms with Crippen LogP contribution in [0, 0.1) is 0 Å². The van der Waals surface area contributed by atoms with Crippen molar-refractivity contribution in [3.8, 4) is 0 Å². The number of halogens is 1. The molecule has 0 bridgehead atoms. The third-order valence-corrected chi connectivity index (χ3v) is 2.53. The molecule has 15 heavy (non-hydrogen) atoms. The van der Waals surface area contributed by atoms with Gasteiger partial charge < -0.3 is 4.90 Å². The van der Waals surface area contributed by atoms with Gasteiger partial charge in [0, 0.05) is 25.0 Å². The summed E-state index contributed by atoms with van der Waals surface area (Å²) in [6, 6.07) is 0. The highest BCUT2D eigenvalue weighted by atomic mass is 79.9. The summed E-state index contributed by atoms with van der Waals surface area (Å²) in [7, 11) is 1.74. The SMILES string of the molecule is CN(C(=O)c1ncc(Br)cn1)C(C)(C)C. The third-order valence-electron chi connectivity index (χ3n) is 2.12. The summed E-state index contributed by atoms with van der Waals surface area (Å²) in [5.74, 6) is 0.0469. The molecule has 4 nitrogen and oxygen atoms in total. The van der Waals surface area contributed by atoms with Gasteiger partial charge in [-0.2, -0.15) is 0 Å². The number of carbonyl (C=O) groups is 1. The fourth-order valence-electron chi connectivity index (χ4n) is 0.877. The van der Waals surface area contributed by atoms with E-state index in [9.17, 15) is 4.79 Å². The molecule has 0 saturated heterocycles. The van der Waals surface area contributed by atoms with Gasteiger partial charge in [-0.05, 0) is 36.7 Å². The Kier molecular flexibility index (Phi) is 3.44. The summed E-state index contributed by atoms with van der Waals surface area (Å²) in [5.41, 5.74) is -0.229. The Morgan fingerprint density at radius 1 is 1.33 bits per heavy atom. The average Bonchev–Trinajstić information content (AvgIpc) is 2.15. The number of rotatable bonds is 1. The van der Waals surface area contributed by atoms with Crippen LogP contribution in [0.5, 0.6) is 0 Å². The van der Waals surface area contributed by atoms with Crippen molar-refractivity contribution in [2.45, 2.75) is 26.3 Å². The predicted molar refractivity (Wildman–Crippen MR) is 61.6 cm³/mol. The van der Waals surface area contributed by atoms with Crippen LogP contribution in [0.2, 0.25) is 0 Å². The lowest BCUT2D eigenvalue weighted by Crippen LogP contribution is -2.43. The molecule has 0 fully saturated rings. The largest absolute Gasteiger partial charge is 0.334 e. The van der Waals surface area contributed by atoms with Crippen LogP contribution in [-0.2, 0) is 0 Å². The molecule has 5 heteroatoms. The molecular formula is C10H14BrN3O. The van der Waals surface area contributed by atoms with Crippen LogP contribution in [-0.4, -0.2) is 33.4 Å².